The molecule has 0 bridgehead atoms. The first kappa shape index (κ1) is 20.9. The van der Waals surface area contributed by atoms with E-state index in [4.69, 9.17) is 16.3 Å². The minimum absolute atomic E-state index is 0.432. The minimum atomic E-state index is 0.432. The number of nitrogens with zero attached hydrogens (tertiary/aromatic N) is 3. The van der Waals surface area contributed by atoms with Gasteiger partial charge in [0.15, 0.2) is 0 Å². The SMILES string of the molecule is Clc1cccc(-c2ccc3[nH]c4ncnc(NC5CCC(N6CCOCC6)CC5)c4c3c2)c1. The highest BCUT2D eigenvalue weighted by molar-refractivity contribution is 6.30. The van der Waals surface area contributed by atoms with Crippen molar-refractivity contribution in [2.45, 2.75) is 37.8 Å². The molecule has 6 rings (SSSR count). The van der Waals surface area contributed by atoms with Crippen LogP contribution in [-0.4, -0.2) is 58.2 Å². The van der Waals surface area contributed by atoms with Gasteiger partial charge in [-0.05, 0) is 61.1 Å². The van der Waals surface area contributed by atoms with Gasteiger partial charge in [0.25, 0.3) is 0 Å². The second-order valence-electron chi connectivity index (χ2n) is 9.14. The van der Waals surface area contributed by atoms with Crippen molar-refractivity contribution in [3.8, 4) is 11.1 Å². The summed E-state index contributed by atoms with van der Waals surface area (Å²) in [5.74, 6) is 0.921. The summed E-state index contributed by atoms with van der Waals surface area (Å²) in [6.07, 6.45) is 6.40. The van der Waals surface area contributed by atoms with E-state index in [1.807, 2.05) is 18.2 Å². The van der Waals surface area contributed by atoms with E-state index in [1.165, 1.54) is 12.8 Å². The number of aromatic amines is 1. The van der Waals surface area contributed by atoms with Gasteiger partial charge < -0.3 is 15.0 Å². The van der Waals surface area contributed by atoms with Crippen LogP contribution >= 0.6 is 11.6 Å². The van der Waals surface area contributed by atoms with Crippen LogP contribution in [0.2, 0.25) is 5.02 Å². The second kappa shape index (κ2) is 8.93. The van der Waals surface area contributed by atoms with E-state index in [9.17, 15) is 0 Å². The summed E-state index contributed by atoms with van der Waals surface area (Å²) in [5, 5.41) is 6.69. The van der Waals surface area contributed by atoms with Crippen molar-refractivity contribution in [1.82, 2.24) is 19.9 Å². The summed E-state index contributed by atoms with van der Waals surface area (Å²) in [5.41, 5.74) is 4.17. The number of hydrogen-bond acceptors (Lipinski definition) is 5. The first-order valence-corrected chi connectivity index (χ1v) is 12.2. The molecule has 7 heteroatoms. The highest BCUT2D eigenvalue weighted by Gasteiger charge is 2.27. The van der Waals surface area contributed by atoms with E-state index in [0.717, 1.165) is 83.0 Å². The summed E-state index contributed by atoms with van der Waals surface area (Å²) < 4.78 is 5.52. The number of anilines is 1. The summed E-state index contributed by atoms with van der Waals surface area (Å²) >= 11 is 6.24. The number of benzene rings is 2. The topological polar surface area (TPSA) is 66.1 Å². The molecule has 2 N–H and O–H groups in total. The summed E-state index contributed by atoms with van der Waals surface area (Å²) in [6, 6.07) is 15.5. The number of hydrogen-bond donors (Lipinski definition) is 2. The van der Waals surface area contributed by atoms with Gasteiger partial charge in [-0.15, -0.1) is 0 Å². The van der Waals surface area contributed by atoms with Crippen molar-refractivity contribution in [3.05, 3.63) is 53.8 Å². The number of rotatable bonds is 4. The molecule has 1 aliphatic heterocycles. The fraction of sp³-hybridized carbons (Fsp3) is 0.385. The van der Waals surface area contributed by atoms with Gasteiger partial charge in [-0.1, -0.05) is 29.8 Å². The average Bonchev–Trinajstić information content (AvgIpc) is 3.24. The smallest absolute Gasteiger partial charge is 0.143 e. The Hall–Kier alpha value is -2.67. The molecule has 1 aliphatic carbocycles. The van der Waals surface area contributed by atoms with Crippen LogP contribution < -0.4 is 5.32 Å². The van der Waals surface area contributed by atoms with Crippen LogP contribution in [0.3, 0.4) is 0 Å². The predicted molar refractivity (Wildman–Crippen MR) is 134 cm³/mol. The number of H-pyrrole nitrogens is 1. The predicted octanol–water partition coefficient (Wildman–Crippen LogP) is 5.49. The monoisotopic (exact) mass is 461 g/mol. The Balaban J connectivity index is 1.27. The molecule has 33 heavy (non-hydrogen) atoms. The molecule has 2 fully saturated rings. The van der Waals surface area contributed by atoms with Crippen LogP contribution in [0.25, 0.3) is 33.1 Å². The van der Waals surface area contributed by atoms with Crippen molar-refractivity contribution >= 4 is 39.4 Å². The van der Waals surface area contributed by atoms with Crippen LogP contribution in [-0.2, 0) is 4.74 Å². The molecule has 2 aliphatic rings. The molecule has 0 atom stereocenters. The van der Waals surface area contributed by atoms with Crippen LogP contribution in [0.15, 0.2) is 48.8 Å². The van der Waals surface area contributed by atoms with Crippen molar-refractivity contribution in [2.75, 3.05) is 31.6 Å². The maximum Gasteiger partial charge on any atom is 0.143 e. The molecule has 0 unspecified atom stereocenters. The standard InChI is InChI=1S/C26H28ClN5O/c27-19-3-1-2-17(14-19)18-4-9-23-22(15-18)24-25(28-16-29-26(24)31-23)30-20-5-7-21(8-6-20)32-10-12-33-13-11-32/h1-4,9,14-16,20-21H,5-8,10-13H2,(H2,28,29,30,31). The highest BCUT2D eigenvalue weighted by Crippen LogP contribution is 2.34. The van der Waals surface area contributed by atoms with Crippen LogP contribution in [0.5, 0.6) is 0 Å². The lowest BCUT2D eigenvalue weighted by Gasteiger charge is -2.39. The van der Waals surface area contributed by atoms with E-state index in [1.54, 1.807) is 6.33 Å². The fourth-order valence-electron chi connectivity index (χ4n) is 5.40. The lowest BCUT2D eigenvalue weighted by atomic mass is 9.90. The molecule has 4 aromatic rings. The maximum absolute atomic E-state index is 6.24. The fourth-order valence-corrected chi connectivity index (χ4v) is 5.59. The maximum atomic E-state index is 6.24. The van der Waals surface area contributed by atoms with Crippen LogP contribution in [0.1, 0.15) is 25.7 Å². The Morgan fingerprint density at radius 3 is 2.61 bits per heavy atom. The molecular weight excluding hydrogens is 434 g/mol. The van der Waals surface area contributed by atoms with Crippen molar-refractivity contribution < 1.29 is 4.74 Å². The van der Waals surface area contributed by atoms with Gasteiger partial charge >= 0.3 is 0 Å². The molecule has 0 amide bonds. The Kier molecular flexibility index (Phi) is 5.66. The average molecular weight is 462 g/mol. The summed E-state index contributed by atoms with van der Waals surface area (Å²) in [6.45, 7) is 3.88. The van der Waals surface area contributed by atoms with Gasteiger partial charge in [-0.3, -0.25) is 4.90 Å². The Bertz CT molecular complexity index is 1270. The lowest BCUT2D eigenvalue weighted by molar-refractivity contribution is 0.00791. The van der Waals surface area contributed by atoms with Gasteiger partial charge in [0, 0.05) is 41.1 Å². The normalized spacial score (nSPS) is 22.1. The third-order valence-corrected chi connectivity index (χ3v) is 7.38. The van der Waals surface area contributed by atoms with Crippen LogP contribution in [0, 0.1) is 0 Å². The molecule has 1 saturated heterocycles. The Labute approximate surface area is 198 Å². The van der Waals surface area contributed by atoms with Gasteiger partial charge in [-0.2, -0.15) is 0 Å². The van der Waals surface area contributed by atoms with E-state index < -0.39 is 0 Å². The summed E-state index contributed by atoms with van der Waals surface area (Å²) in [7, 11) is 0. The number of ether oxygens (including phenoxy) is 1. The molecule has 6 nitrogen and oxygen atoms in total. The molecule has 170 valence electrons. The number of fused-ring (bicyclic) bond motifs is 3. The number of nitrogens with one attached hydrogen (secondary N) is 2. The zero-order valence-corrected chi connectivity index (χ0v) is 19.3. The lowest BCUT2D eigenvalue weighted by Crippen LogP contribution is -2.46. The molecule has 0 radical (unpaired) electrons. The van der Waals surface area contributed by atoms with Crippen molar-refractivity contribution in [1.29, 1.82) is 0 Å². The zero-order valence-electron chi connectivity index (χ0n) is 18.6. The third-order valence-electron chi connectivity index (χ3n) is 7.15. The molecule has 0 spiro atoms. The molecule has 2 aromatic heterocycles. The summed E-state index contributed by atoms with van der Waals surface area (Å²) in [4.78, 5) is 15.2. The Morgan fingerprint density at radius 2 is 1.79 bits per heavy atom. The first-order valence-electron chi connectivity index (χ1n) is 11.9. The third kappa shape index (κ3) is 4.19. The van der Waals surface area contributed by atoms with E-state index >= 15 is 0 Å². The van der Waals surface area contributed by atoms with E-state index in [-0.39, 0.29) is 0 Å². The van der Waals surface area contributed by atoms with Gasteiger partial charge in [0.2, 0.25) is 0 Å². The number of halogens is 1. The molecule has 2 aromatic carbocycles. The van der Waals surface area contributed by atoms with Crippen LogP contribution in [0.4, 0.5) is 5.82 Å². The van der Waals surface area contributed by atoms with Gasteiger partial charge in [0.1, 0.15) is 17.8 Å². The number of aromatic nitrogens is 3. The van der Waals surface area contributed by atoms with Crippen molar-refractivity contribution in [3.63, 3.8) is 0 Å². The molecular formula is C26H28ClN5O. The van der Waals surface area contributed by atoms with E-state index in [0.29, 0.717) is 12.1 Å². The quantitative estimate of drug-likeness (QED) is 0.421. The molecule has 1 saturated carbocycles. The van der Waals surface area contributed by atoms with E-state index in [2.05, 4.69) is 49.4 Å². The first-order chi connectivity index (χ1) is 16.2. The Morgan fingerprint density at radius 1 is 0.970 bits per heavy atom. The molecule has 3 heterocycles. The highest BCUT2D eigenvalue weighted by atomic mass is 35.5. The van der Waals surface area contributed by atoms with Crippen molar-refractivity contribution in [2.24, 2.45) is 0 Å². The number of morpholine rings is 1. The largest absolute Gasteiger partial charge is 0.379 e. The second-order valence-corrected chi connectivity index (χ2v) is 9.58. The minimum Gasteiger partial charge on any atom is -0.379 e. The zero-order chi connectivity index (χ0) is 22.2. The van der Waals surface area contributed by atoms with Gasteiger partial charge in [-0.25, -0.2) is 9.97 Å². The van der Waals surface area contributed by atoms with Gasteiger partial charge in [0.05, 0.1) is 18.6 Å².